The summed E-state index contributed by atoms with van der Waals surface area (Å²) < 4.78 is 10.7. The molecule has 0 saturated carbocycles. The molecule has 0 amide bonds. The largest absolute Gasteiger partial charge is 0.493 e. The third-order valence-corrected chi connectivity index (χ3v) is 4.82. The third-order valence-electron chi connectivity index (χ3n) is 4.13. The molecule has 3 rings (SSSR count). The molecular weight excluding hydrogens is 344 g/mol. The van der Waals surface area contributed by atoms with Crippen LogP contribution >= 0.6 is 11.3 Å². The lowest BCUT2D eigenvalue weighted by Gasteiger charge is -2.08. The van der Waals surface area contributed by atoms with E-state index in [9.17, 15) is 0 Å². The van der Waals surface area contributed by atoms with E-state index < -0.39 is 0 Å². The van der Waals surface area contributed by atoms with Crippen LogP contribution < -0.4 is 9.47 Å². The summed E-state index contributed by atoms with van der Waals surface area (Å²) in [5, 5.41) is 4.21. The Bertz CT molecular complexity index is 924. The first-order valence-corrected chi connectivity index (χ1v) is 9.23. The zero-order valence-corrected chi connectivity index (χ0v) is 16.0. The van der Waals surface area contributed by atoms with Gasteiger partial charge in [-0.3, -0.25) is 4.99 Å². The van der Waals surface area contributed by atoms with Gasteiger partial charge in [-0.05, 0) is 36.6 Å². The van der Waals surface area contributed by atoms with Crippen molar-refractivity contribution in [2.75, 3.05) is 14.2 Å². The van der Waals surface area contributed by atoms with Crippen LogP contribution in [-0.4, -0.2) is 24.9 Å². The minimum absolute atomic E-state index is 0.667. The summed E-state index contributed by atoms with van der Waals surface area (Å²) in [6.07, 6.45) is 2.66. The molecule has 3 aromatic rings. The van der Waals surface area contributed by atoms with Crippen molar-refractivity contribution >= 4 is 22.7 Å². The number of hydrogen-bond acceptors (Lipinski definition) is 4. The summed E-state index contributed by atoms with van der Waals surface area (Å²) in [6, 6.07) is 9.93. The van der Waals surface area contributed by atoms with Crippen LogP contribution in [0.15, 0.2) is 58.7 Å². The first kappa shape index (κ1) is 18.0. The SMILES string of the molecule is C=CCc1[nH]c(-c2ccsc2)cc1C(C)=Nc1ccc(OC)c(OC)c1. The van der Waals surface area contributed by atoms with Gasteiger partial charge in [-0.1, -0.05) is 6.08 Å². The van der Waals surface area contributed by atoms with Gasteiger partial charge in [-0.2, -0.15) is 11.3 Å². The molecule has 0 aliphatic rings. The molecule has 1 N–H and O–H groups in total. The smallest absolute Gasteiger partial charge is 0.162 e. The third kappa shape index (κ3) is 3.73. The molecule has 5 heteroatoms. The summed E-state index contributed by atoms with van der Waals surface area (Å²) >= 11 is 1.69. The van der Waals surface area contributed by atoms with Crippen LogP contribution in [0.2, 0.25) is 0 Å². The van der Waals surface area contributed by atoms with Crippen LogP contribution in [0.4, 0.5) is 5.69 Å². The number of benzene rings is 1. The molecule has 0 unspecified atom stereocenters. The molecule has 4 nitrogen and oxygen atoms in total. The number of allylic oxidation sites excluding steroid dienone is 1. The Hall–Kier alpha value is -2.79. The summed E-state index contributed by atoms with van der Waals surface area (Å²) in [5.74, 6) is 1.36. The molecular formula is C21H22N2O2S. The number of methoxy groups -OCH3 is 2. The maximum Gasteiger partial charge on any atom is 0.162 e. The molecule has 0 spiro atoms. The van der Waals surface area contributed by atoms with Gasteiger partial charge < -0.3 is 14.5 Å². The Labute approximate surface area is 157 Å². The predicted molar refractivity (Wildman–Crippen MR) is 109 cm³/mol. The molecule has 2 aromatic heterocycles. The number of hydrogen-bond donors (Lipinski definition) is 1. The number of aliphatic imine (C=N–C) groups is 1. The maximum absolute atomic E-state index is 5.37. The summed E-state index contributed by atoms with van der Waals surface area (Å²) in [6.45, 7) is 5.88. The van der Waals surface area contributed by atoms with Crippen molar-refractivity contribution in [3.63, 3.8) is 0 Å². The first-order chi connectivity index (χ1) is 12.7. The van der Waals surface area contributed by atoms with Crippen molar-refractivity contribution in [1.82, 2.24) is 4.98 Å². The van der Waals surface area contributed by atoms with Crippen molar-refractivity contribution in [2.24, 2.45) is 4.99 Å². The van der Waals surface area contributed by atoms with E-state index in [1.54, 1.807) is 25.6 Å². The van der Waals surface area contributed by atoms with Crippen molar-refractivity contribution in [2.45, 2.75) is 13.3 Å². The number of H-pyrrole nitrogens is 1. The van der Waals surface area contributed by atoms with E-state index in [0.29, 0.717) is 11.5 Å². The normalized spacial score (nSPS) is 11.4. The fourth-order valence-electron chi connectivity index (χ4n) is 2.85. The quantitative estimate of drug-likeness (QED) is 0.435. The second-order valence-electron chi connectivity index (χ2n) is 5.82. The Morgan fingerprint density at radius 1 is 1.19 bits per heavy atom. The molecule has 0 radical (unpaired) electrons. The molecule has 0 fully saturated rings. The van der Waals surface area contributed by atoms with Gasteiger partial charge in [0.25, 0.3) is 0 Å². The molecule has 0 aliphatic heterocycles. The number of ether oxygens (including phenoxy) is 2. The zero-order valence-electron chi connectivity index (χ0n) is 15.2. The molecule has 2 heterocycles. The summed E-state index contributed by atoms with van der Waals surface area (Å²) in [5.41, 5.74) is 6.25. The van der Waals surface area contributed by atoms with Crippen molar-refractivity contribution in [1.29, 1.82) is 0 Å². The second-order valence-corrected chi connectivity index (χ2v) is 6.60. The lowest BCUT2D eigenvalue weighted by Crippen LogP contribution is -1.97. The van der Waals surface area contributed by atoms with Crippen LogP contribution in [0.25, 0.3) is 11.3 Å². The molecule has 0 saturated heterocycles. The van der Waals surface area contributed by atoms with Gasteiger partial charge in [0.15, 0.2) is 11.5 Å². The number of nitrogens with one attached hydrogen (secondary N) is 1. The van der Waals surface area contributed by atoms with Crippen LogP contribution in [0.1, 0.15) is 18.2 Å². The second kappa shape index (κ2) is 8.06. The van der Waals surface area contributed by atoms with Gasteiger partial charge in [0.05, 0.1) is 19.9 Å². The van der Waals surface area contributed by atoms with Gasteiger partial charge in [0, 0.05) is 46.1 Å². The van der Waals surface area contributed by atoms with E-state index in [4.69, 9.17) is 14.5 Å². The summed E-state index contributed by atoms with van der Waals surface area (Å²) in [4.78, 5) is 8.28. The molecule has 0 bridgehead atoms. The average Bonchev–Trinajstić information content (AvgIpc) is 3.31. The fourth-order valence-corrected chi connectivity index (χ4v) is 3.50. The van der Waals surface area contributed by atoms with Gasteiger partial charge in [-0.25, -0.2) is 0 Å². The number of rotatable bonds is 7. The lowest BCUT2D eigenvalue weighted by atomic mass is 10.1. The Kier molecular flexibility index (Phi) is 5.58. The summed E-state index contributed by atoms with van der Waals surface area (Å²) in [7, 11) is 3.25. The monoisotopic (exact) mass is 366 g/mol. The topological polar surface area (TPSA) is 46.6 Å². The van der Waals surface area contributed by atoms with Crippen molar-refractivity contribution < 1.29 is 9.47 Å². The first-order valence-electron chi connectivity index (χ1n) is 8.29. The van der Waals surface area contributed by atoms with E-state index in [1.165, 1.54) is 5.56 Å². The Morgan fingerprint density at radius 2 is 2.00 bits per heavy atom. The molecule has 0 atom stereocenters. The van der Waals surface area contributed by atoms with Gasteiger partial charge in [0.1, 0.15) is 0 Å². The maximum atomic E-state index is 5.37. The van der Waals surface area contributed by atoms with Crippen LogP contribution in [-0.2, 0) is 6.42 Å². The van der Waals surface area contributed by atoms with E-state index in [1.807, 2.05) is 31.2 Å². The number of aromatic nitrogens is 1. The highest BCUT2D eigenvalue weighted by molar-refractivity contribution is 7.08. The van der Waals surface area contributed by atoms with Crippen molar-refractivity contribution in [3.8, 4) is 22.8 Å². The highest BCUT2D eigenvalue weighted by Gasteiger charge is 2.12. The van der Waals surface area contributed by atoms with E-state index in [2.05, 4.69) is 34.5 Å². The van der Waals surface area contributed by atoms with Crippen LogP contribution in [0, 0.1) is 0 Å². The average molecular weight is 366 g/mol. The Balaban J connectivity index is 1.99. The minimum Gasteiger partial charge on any atom is -0.493 e. The molecule has 26 heavy (non-hydrogen) atoms. The Morgan fingerprint density at radius 3 is 2.65 bits per heavy atom. The van der Waals surface area contributed by atoms with Crippen molar-refractivity contribution in [3.05, 3.63) is 65.0 Å². The highest BCUT2D eigenvalue weighted by atomic mass is 32.1. The zero-order chi connectivity index (χ0) is 18.5. The fraction of sp³-hybridized carbons (Fsp3) is 0.190. The highest BCUT2D eigenvalue weighted by Crippen LogP contribution is 2.32. The van der Waals surface area contributed by atoms with Crippen LogP contribution in [0.3, 0.4) is 0 Å². The van der Waals surface area contributed by atoms with Gasteiger partial charge in [-0.15, -0.1) is 6.58 Å². The van der Waals surface area contributed by atoms with Crippen LogP contribution in [0.5, 0.6) is 11.5 Å². The van der Waals surface area contributed by atoms with Gasteiger partial charge >= 0.3 is 0 Å². The number of thiophene rings is 1. The number of nitrogens with zero attached hydrogens (tertiary/aromatic N) is 1. The minimum atomic E-state index is 0.667. The van der Waals surface area contributed by atoms with E-state index in [0.717, 1.165) is 34.8 Å². The molecule has 1 aromatic carbocycles. The van der Waals surface area contributed by atoms with E-state index in [-0.39, 0.29) is 0 Å². The predicted octanol–water partition coefficient (Wildman–Crippen LogP) is 5.63. The standard InChI is InChI=1S/C21H22N2O2S/c1-5-6-18-17(12-19(23-18)15-9-10-26-13-15)14(2)22-16-7-8-20(24-3)21(11-16)25-4/h5,7-13,23H,1,6H2,2-4H3. The van der Waals surface area contributed by atoms with E-state index >= 15 is 0 Å². The number of aromatic amines is 1. The molecule has 0 aliphatic carbocycles. The lowest BCUT2D eigenvalue weighted by molar-refractivity contribution is 0.355. The van der Waals surface area contributed by atoms with Gasteiger partial charge in [0.2, 0.25) is 0 Å². The molecule has 134 valence electrons.